The second-order valence-corrected chi connectivity index (χ2v) is 9.77. The standard InChI is InChI=1S/C24H26ClF2NO4/c1-23(2,3)32-22(29)28-9-7-14(8-10-28)17-12-16(26)13-20-21(17)31-24(4,30-20)18-6-5-15(25)11-19(18)27/h5-6,11-14H,7-10H2,1-4H3. The number of nitrogens with zero attached hydrogens (tertiary/aromatic N) is 1. The van der Waals surface area contributed by atoms with E-state index in [4.69, 9.17) is 25.8 Å². The molecular weight excluding hydrogens is 440 g/mol. The maximum atomic E-state index is 14.6. The third-order valence-corrected chi connectivity index (χ3v) is 5.89. The minimum Gasteiger partial charge on any atom is -0.444 e. The summed E-state index contributed by atoms with van der Waals surface area (Å²) in [7, 11) is 0. The molecule has 1 atom stereocenters. The van der Waals surface area contributed by atoms with Gasteiger partial charge in [0.15, 0.2) is 11.5 Å². The number of carbonyl (C=O) groups excluding carboxylic acids is 1. The summed E-state index contributed by atoms with van der Waals surface area (Å²) in [5.74, 6) is -1.89. The molecule has 0 spiro atoms. The fourth-order valence-electron chi connectivity index (χ4n) is 4.17. The van der Waals surface area contributed by atoms with Crippen LogP contribution in [0.1, 0.15) is 57.6 Å². The third-order valence-electron chi connectivity index (χ3n) is 5.66. The highest BCUT2D eigenvalue weighted by molar-refractivity contribution is 6.30. The molecule has 0 saturated carbocycles. The van der Waals surface area contributed by atoms with E-state index in [1.807, 2.05) is 20.8 Å². The first kappa shape index (κ1) is 22.6. The smallest absolute Gasteiger partial charge is 0.410 e. The zero-order valence-corrected chi connectivity index (χ0v) is 19.3. The maximum Gasteiger partial charge on any atom is 0.410 e. The highest BCUT2D eigenvalue weighted by Crippen LogP contribution is 2.50. The summed E-state index contributed by atoms with van der Waals surface area (Å²) in [6, 6.07) is 6.91. The fourth-order valence-corrected chi connectivity index (χ4v) is 4.33. The van der Waals surface area contributed by atoms with E-state index in [0.29, 0.717) is 37.2 Å². The van der Waals surface area contributed by atoms with Crippen LogP contribution in [0.15, 0.2) is 30.3 Å². The van der Waals surface area contributed by atoms with Crippen LogP contribution in [0.2, 0.25) is 5.02 Å². The Morgan fingerprint density at radius 3 is 2.47 bits per heavy atom. The molecule has 8 heteroatoms. The second kappa shape index (κ2) is 8.10. The number of halogens is 3. The van der Waals surface area contributed by atoms with Crippen molar-refractivity contribution in [1.82, 2.24) is 4.90 Å². The molecule has 1 saturated heterocycles. The molecule has 0 N–H and O–H groups in total. The molecule has 2 heterocycles. The summed E-state index contributed by atoms with van der Waals surface area (Å²) in [5, 5.41) is 0.258. The molecule has 1 fully saturated rings. The minimum atomic E-state index is -1.45. The number of ether oxygens (including phenoxy) is 3. The monoisotopic (exact) mass is 465 g/mol. The summed E-state index contributed by atoms with van der Waals surface area (Å²) >= 11 is 5.87. The molecule has 0 bridgehead atoms. The lowest BCUT2D eigenvalue weighted by molar-refractivity contribution is -0.0712. The molecule has 2 aliphatic rings. The van der Waals surface area contributed by atoms with E-state index in [-0.39, 0.29) is 28.3 Å². The van der Waals surface area contributed by atoms with Crippen LogP contribution in [0.5, 0.6) is 11.5 Å². The largest absolute Gasteiger partial charge is 0.444 e. The van der Waals surface area contributed by atoms with Gasteiger partial charge in [-0.1, -0.05) is 11.6 Å². The van der Waals surface area contributed by atoms with E-state index in [2.05, 4.69) is 0 Å². The number of piperidine rings is 1. The highest BCUT2D eigenvalue weighted by Gasteiger charge is 2.43. The predicted octanol–water partition coefficient (Wildman–Crippen LogP) is 6.38. The van der Waals surface area contributed by atoms with Gasteiger partial charge in [-0.05, 0) is 63.8 Å². The number of carbonyl (C=O) groups is 1. The molecule has 1 amide bonds. The molecule has 4 rings (SSSR count). The SMILES string of the molecule is CC(C)(C)OC(=O)N1CCC(c2cc(F)cc3c2OC(C)(c2ccc(Cl)cc2F)O3)CC1. The van der Waals surface area contributed by atoms with E-state index in [0.717, 1.165) is 0 Å². The van der Waals surface area contributed by atoms with Crippen molar-refractivity contribution in [3.8, 4) is 11.5 Å². The van der Waals surface area contributed by atoms with E-state index >= 15 is 0 Å². The van der Waals surface area contributed by atoms with Crippen LogP contribution in [0.25, 0.3) is 0 Å². The first-order chi connectivity index (χ1) is 14.9. The van der Waals surface area contributed by atoms with E-state index in [1.54, 1.807) is 17.9 Å². The number of amides is 1. The van der Waals surface area contributed by atoms with Crippen LogP contribution >= 0.6 is 11.6 Å². The van der Waals surface area contributed by atoms with Crippen LogP contribution < -0.4 is 9.47 Å². The summed E-state index contributed by atoms with van der Waals surface area (Å²) in [6.45, 7) is 8.03. The lowest BCUT2D eigenvalue weighted by Crippen LogP contribution is -2.41. The summed E-state index contributed by atoms with van der Waals surface area (Å²) in [6.07, 6.45) is 0.875. The van der Waals surface area contributed by atoms with Crippen LogP contribution in [0, 0.1) is 11.6 Å². The lowest BCUT2D eigenvalue weighted by Gasteiger charge is -2.34. The van der Waals surface area contributed by atoms with Gasteiger partial charge in [-0.3, -0.25) is 0 Å². The molecule has 2 aromatic carbocycles. The Kier molecular flexibility index (Phi) is 5.74. The van der Waals surface area contributed by atoms with Crippen LogP contribution in [-0.4, -0.2) is 29.7 Å². The Balaban J connectivity index is 1.55. The van der Waals surface area contributed by atoms with Crippen molar-refractivity contribution >= 4 is 17.7 Å². The summed E-state index contributed by atoms with van der Waals surface area (Å²) in [5.41, 5.74) is 0.260. The number of benzene rings is 2. The molecule has 32 heavy (non-hydrogen) atoms. The van der Waals surface area contributed by atoms with Gasteiger partial charge in [0.05, 0.1) is 5.56 Å². The summed E-state index contributed by atoms with van der Waals surface area (Å²) in [4.78, 5) is 14.0. The number of hydrogen-bond donors (Lipinski definition) is 0. The molecule has 0 radical (unpaired) electrons. The van der Waals surface area contributed by atoms with Crippen molar-refractivity contribution in [3.05, 3.63) is 58.1 Å². The molecular formula is C24H26ClF2NO4. The quantitative estimate of drug-likeness (QED) is 0.516. The van der Waals surface area contributed by atoms with Gasteiger partial charge in [-0.15, -0.1) is 0 Å². The normalized spacial score (nSPS) is 21.0. The van der Waals surface area contributed by atoms with Gasteiger partial charge in [0, 0.05) is 36.7 Å². The van der Waals surface area contributed by atoms with E-state index < -0.39 is 23.0 Å². The Bertz CT molecular complexity index is 1050. The topological polar surface area (TPSA) is 48.0 Å². The van der Waals surface area contributed by atoms with Gasteiger partial charge < -0.3 is 19.1 Å². The van der Waals surface area contributed by atoms with Crippen molar-refractivity contribution in [2.75, 3.05) is 13.1 Å². The average molecular weight is 466 g/mol. The van der Waals surface area contributed by atoms with Crippen molar-refractivity contribution in [1.29, 1.82) is 0 Å². The Morgan fingerprint density at radius 1 is 1.16 bits per heavy atom. The zero-order valence-electron chi connectivity index (χ0n) is 18.5. The third kappa shape index (κ3) is 4.49. The Morgan fingerprint density at radius 2 is 1.84 bits per heavy atom. The number of likely N-dealkylation sites (tertiary alicyclic amines) is 1. The van der Waals surface area contributed by atoms with Crippen LogP contribution in [0.4, 0.5) is 13.6 Å². The maximum absolute atomic E-state index is 14.6. The van der Waals surface area contributed by atoms with Gasteiger partial charge in [-0.25, -0.2) is 13.6 Å². The second-order valence-electron chi connectivity index (χ2n) is 9.34. The van der Waals surface area contributed by atoms with E-state index in [9.17, 15) is 13.6 Å². The molecule has 0 aliphatic carbocycles. The first-order valence-electron chi connectivity index (χ1n) is 10.6. The van der Waals surface area contributed by atoms with E-state index in [1.165, 1.54) is 24.3 Å². The summed E-state index contributed by atoms with van der Waals surface area (Å²) < 4.78 is 46.5. The van der Waals surface area contributed by atoms with Gasteiger partial charge in [0.25, 0.3) is 5.79 Å². The zero-order chi connectivity index (χ0) is 23.3. The molecule has 172 valence electrons. The molecule has 2 aliphatic heterocycles. The minimum absolute atomic E-state index is 0.0425. The first-order valence-corrected chi connectivity index (χ1v) is 11.0. The van der Waals surface area contributed by atoms with Crippen molar-refractivity contribution < 1.29 is 27.8 Å². The van der Waals surface area contributed by atoms with Gasteiger partial charge >= 0.3 is 6.09 Å². The van der Waals surface area contributed by atoms with Crippen molar-refractivity contribution in [3.63, 3.8) is 0 Å². The Labute approximate surface area is 191 Å². The molecule has 1 unspecified atom stereocenters. The van der Waals surface area contributed by atoms with Gasteiger partial charge in [-0.2, -0.15) is 0 Å². The van der Waals surface area contributed by atoms with Crippen molar-refractivity contribution in [2.45, 2.75) is 57.8 Å². The molecule has 2 aromatic rings. The van der Waals surface area contributed by atoms with Gasteiger partial charge in [0.1, 0.15) is 17.2 Å². The predicted molar refractivity (Wildman–Crippen MR) is 116 cm³/mol. The molecule has 0 aromatic heterocycles. The number of hydrogen-bond acceptors (Lipinski definition) is 4. The van der Waals surface area contributed by atoms with Crippen LogP contribution in [-0.2, 0) is 10.5 Å². The average Bonchev–Trinajstić information content (AvgIpc) is 3.02. The Hall–Kier alpha value is -2.54. The molecule has 5 nitrogen and oxygen atoms in total. The highest BCUT2D eigenvalue weighted by atomic mass is 35.5. The van der Waals surface area contributed by atoms with Gasteiger partial charge in [0.2, 0.25) is 0 Å². The number of rotatable bonds is 2. The number of fused-ring (bicyclic) bond motifs is 1. The fraction of sp³-hybridized carbons (Fsp3) is 0.458. The lowest BCUT2D eigenvalue weighted by atomic mass is 9.88. The van der Waals surface area contributed by atoms with Crippen molar-refractivity contribution in [2.24, 2.45) is 0 Å². The van der Waals surface area contributed by atoms with Crippen LogP contribution in [0.3, 0.4) is 0 Å².